The van der Waals surface area contributed by atoms with E-state index in [4.69, 9.17) is 0 Å². The summed E-state index contributed by atoms with van der Waals surface area (Å²) in [7, 11) is 0. The maximum absolute atomic E-state index is 12.1. The third-order valence-corrected chi connectivity index (χ3v) is 5.15. The van der Waals surface area contributed by atoms with E-state index < -0.39 is 11.4 Å². The van der Waals surface area contributed by atoms with Crippen molar-refractivity contribution in [2.75, 3.05) is 6.54 Å². The number of rotatable bonds is 6. The molecule has 0 saturated heterocycles. The SMILES string of the molecule is O=C(CCc1ccc2[nH]ccc2c1)NCC1(C(=O)O)CCCCC1. The van der Waals surface area contributed by atoms with Gasteiger partial charge >= 0.3 is 5.97 Å². The molecule has 1 saturated carbocycles. The molecule has 128 valence electrons. The molecule has 1 aromatic carbocycles. The fourth-order valence-corrected chi connectivity index (χ4v) is 3.57. The number of hydrogen-bond donors (Lipinski definition) is 3. The molecule has 3 rings (SSSR count). The lowest BCUT2D eigenvalue weighted by Gasteiger charge is -2.33. The molecule has 3 N–H and O–H groups in total. The zero-order chi connectivity index (χ0) is 17.0. The van der Waals surface area contributed by atoms with Crippen LogP contribution in [0.5, 0.6) is 0 Å². The molecule has 1 aromatic heterocycles. The van der Waals surface area contributed by atoms with Gasteiger partial charge in [0.1, 0.15) is 0 Å². The number of carboxylic acid groups (broad SMARTS) is 1. The van der Waals surface area contributed by atoms with E-state index in [9.17, 15) is 14.7 Å². The minimum Gasteiger partial charge on any atom is -0.481 e. The summed E-state index contributed by atoms with van der Waals surface area (Å²) in [4.78, 5) is 26.9. The first-order valence-corrected chi connectivity index (χ1v) is 8.65. The van der Waals surface area contributed by atoms with Gasteiger partial charge in [-0.25, -0.2) is 0 Å². The van der Waals surface area contributed by atoms with Gasteiger partial charge in [0.2, 0.25) is 5.91 Å². The van der Waals surface area contributed by atoms with Gasteiger partial charge in [-0.15, -0.1) is 0 Å². The minimum absolute atomic E-state index is 0.0737. The highest BCUT2D eigenvalue weighted by atomic mass is 16.4. The summed E-state index contributed by atoms with van der Waals surface area (Å²) in [5, 5.41) is 13.5. The van der Waals surface area contributed by atoms with Crippen LogP contribution in [0.2, 0.25) is 0 Å². The van der Waals surface area contributed by atoms with Gasteiger partial charge < -0.3 is 15.4 Å². The van der Waals surface area contributed by atoms with Crippen molar-refractivity contribution in [1.82, 2.24) is 10.3 Å². The minimum atomic E-state index is -0.777. The first-order chi connectivity index (χ1) is 11.6. The lowest BCUT2D eigenvalue weighted by Crippen LogP contribution is -2.44. The van der Waals surface area contributed by atoms with E-state index in [1.165, 1.54) is 0 Å². The number of carbonyl (C=O) groups excluding carboxylic acids is 1. The van der Waals surface area contributed by atoms with Crippen molar-refractivity contribution in [2.45, 2.75) is 44.9 Å². The van der Waals surface area contributed by atoms with Crippen molar-refractivity contribution < 1.29 is 14.7 Å². The quantitative estimate of drug-likeness (QED) is 0.761. The van der Waals surface area contributed by atoms with Gasteiger partial charge in [-0.1, -0.05) is 25.3 Å². The fraction of sp³-hybridized carbons (Fsp3) is 0.474. The summed E-state index contributed by atoms with van der Waals surface area (Å²) in [6.07, 6.45) is 7.21. The highest BCUT2D eigenvalue weighted by Crippen LogP contribution is 2.36. The Bertz CT molecular complexity index is 729. The van der Waals surface area contributed by atoms with Gasteiger partial charge in [0.05, 0.1) is 5.41 Å². The number of nitrogens with one attached hydrogen (secondary N) is 2. The standard InChI is InChI=1S/C19H24N2O3/c22-17(21-13-19(18(23)24)9-2-1-3-10-19)7-5-14-4-6-16-15(12-14)8-11-20-16/h4,6,8,11-12,20H,1-3,5,7,9-10,13H2,(H,21,22)(H,23,24). The predicted molar refractivity (Wildman–Crippen MR) is 92.8 cm³/mol. The highest BCUT2D eigenvalue weighted by molar-refractivity contribution is 5.81. The number of benzene rings is 1. The van der Waals surface area contributed by atoms with Gasteiger partial charge in [-0.3, -0.25) is 9.59 Å². The Balaban J connectivity index is 1.52. The molecule has 1 fully saturated rings. The number of H-pyrrole nitrogens is 1. The van der Waals surface area contributed by atoms with Gasteiger partial charge in [-0.05, 0) is 48.4 Å². The molecule has 5 heteroatoms. The Morgan fingerprint density at radius 3 is 2.71 bits per heavy atom. The molecule has 1 heterocycles. The van der Waals surface area contributed by atoms with Gasteiger partial charge in [0.15, 0.2) is 0 Å². The number of carboxylic acids is 1. The van der Waals surface area contributed by atoms with Crippen LogP contribution in [-0.4, -0.2) is 28.5 Å². The Morgan fingerprint density at radius 1 is 1.17 bits per heavy atom. The van der Waals surface area contributed by atoms with E-state index in [1.54, 1.807) is 0 Å². The number of aromatic nitrogens is 1. The monoisotopic (exact) mass is 328 g/mol. The van der Waals surface area contributed by atoms with Crippen molar-refractivity contribution in [3.8, 4) is 0 Å². The summed E-state index contributed by atoms with van der Waals surface area (Å²) in [5.74, 6) is -0.851. The molecule has 1 aliphatic carbocycles. The number of aryl methyl sites for hydroxylation is 1. The summed E-state index contributed by atoms with van der Waals surface area (Å²) >= 11 is 0. The smallest absolute Gasteiger partial charge is 0.311 e. The van der Waals surface area contributed by atoms with Crippen molar-refractivity contribution in [1.29, 1.82) is 0 Å². The average molecular weight is 328 g/mol. The number of aliphatic carboxylic acids is 1. The maximum atomic E-state index is 12.1. The fourth-order valence-electron chi connectivity index (χ4n) is 3.57. The zero-order valence-electron chi connectivity index (χ0n) is 13.8. The molecule has 24 heavy (non-hydrogen) atoms. The molecule has 5 nitrogen and oxygen atoms in total. The molecule has 0 unspecified atom stereocenters. The summed E-state index contributed by atoms with van der Waals surface area (Å²) < 4.78 is 0. The maximum Gasteiger partial charge on any atom is 0.311 e. The zero-order valence-corrected chi connectivity index (χ0v) is 13.8. The van der Waals surface area contributed by atoms with Crippen LogP contribution in [0.1, 0.15) is 44.1 Å². The van der Waals surface area contributed by atoms with Crippen molar-refractivity contribution >= 4 is 22.8 Å². The predicted octanol–water partition coefficient (Wildman–Crippen LogP) is 3.25. The second kappa shape index (κ2) is 7.07. The van der Waals surface area contributed by atoms with E-state index in [-0.39, 0.29) is 12.5 Å². The number of aromatic amines is 1. The average Bonchev–Trinajstić information content (AvgIpc) is 3.06. The molecular formula is C19H24N2O3. The summed E-state index contributed by atoms with van der Waals surface area (Å²) in [5.41, 5.74) is 1.43. The molecule has 0 radical (unpaired) electrons. The molecule has 0 atom stereocenters. The van der Waals surface area contributed by atoms with Crippen LogP contribution in [0.25, 0.3) is 10.9 Å². The topological polar surface area (TPSA) is 82.2 Å². The van der Waals surface area contributed by atoms with Gasteiger partial charge in [0, 0.05) is 24.7 Å². The molecule has 1 aliphatic rings. The molecule has 0 aliphatic heterocycles. The summed E-state index contributed by atoms with van der Waals surface area (Å²) in [6, 6.07) is 8.13. The molecule has 2 aromatic rings. The lowest BCUT2D eigenvalue weighted by atomic mass is 9.74. The van der Waals surface area contributed by atoms with E-state index in [0.717, 1.165) is 35.7 Å². The Labute approximate surface area is 141 Å². The Morgan fingerprint density at radius 2 is 1.96 bits per heavy atom. The largest absolute Gasteiger partial charge is 0.481 e. The second-order valence-corrected chi connectivity index (χ2v) is 6.82. The number of amides is 1. The van der Waals surface area contributed by atoms with Crippen LogP contribution in [0.4, 0.5) is 0 Å². The van der Waals surface area contributed by atoms with Crippen LogP contribution < -0.4 is 5.32 Å². The van der Waals surface area contributed by atoms with Crippen molar-refractivity contribution in [2.24, 2.45) is 5.41 Å². The van der Waals surface area contributed by atoms with Crippen molar-refractivity contribution in [3.63, 3.8) is 0 Å². The van der Waals surface area contributed by atoms with Crippen LogP contribution in [0.3, 0.4) is 0 Å². The third-order valence-electron chi connectivity index (χ3n) is 5.15. The third kappa shape index (κ3) is 3.61. The van der Waals surface area contributed by atoms with Crippen LogP contribution in [0, 0.1) is 5.41 Å². The lowest BCUT2D eigenvalue weighted by molar-refractivity contribution is -0.151. The van der Waals surface area contributed by atoms with E-state index >= 15 is 0 Å². The van der Waals surface area contributed by atoms with Gasteiger partial charge in [0.25, 0.3) is 0 Å². The molecule has 1 amide bonds. The Hall–Kier alpha value is -2.30. The molecule has 0 spiro atoms. The van der Waals surface area contributed by atoms with E-state index in [1.807, 2.05) is 24.4 Å². The normalized spacial score (nSPS) is 16.8. The second-order valence-electron chi connectivity index (χ2n) is 6.82. The first kappa shape index (κ1) is 16.6. The summed E-state index contributed by atoms with van der Waals surface area (Å²) in [6.45, 7) is 0.248. The number of fused-ring (bicyclic) bond motifs is 1. The number of carbonyl (C=O) groups is 2. The van der Waals surface area contributed by atoms with E-state index in [0.29, 0.717) is 25.7 Å². The van der Waals surface area contributed by atoms with Gasteiger partial charge in [-0.2, -0.15) is 0 Å². The molecule has 0 bridgehead atoms. The molecular weight excluding hydrogens is 304 g/mol. The highest BCUT2D eigenvalue weighted by Gasteiger charge is 2.39. The van der Waals surface area contributed by atoms with Crippen LogP contribution in [0.15, 0.2) is 30.5 Å². The first-order valence-electron chi connectivity index (χ1n) is 8.65. The van der Waals surface area contributed by atoms with Crippen LogP contribution in [-0.2, 0) is 16.0 Å². The number of hydrogen-bond acceptors (Lipinski definition) is 2. The van der Waals surface area contributed by atoms with E-state index in [2.05, 4.69) is 16.4 Å². The Kier molecular flexibility index (Phi) is 4.88. The van der Waals surface area contributed by atoms with Crippen LogP contribution >= 0.6 is 0 Å². The van der Waals surface area contributed by atoms with Crippen molar-refractivity contribution in [3.05, 3.63) is 36.0 Å².